The number of amides is 1. The number of pyridine rings is 1. The maximum atomic E-state index is 14.3. The number of benzene rings is 3. The van der Waals surface area contributed by atoms with Crippen molar-refractivity contribution in [3.05, 3.63) is 117 Å². The minimum Gasteiger partial charge on any atom is -0.378 e. The van der Waals surface area contributed by atoms with Crippen molar-refractivity contribution in [2.24, 2.45) is 5.41 Å². The summed E-state index contributed by atoms with van der Waals surface area (Å²) in [5.74, 6) is -0.924. The number of allylic oxidation sites excluding steroid dienone is 1. The van der Waals surface area contributed by atoms with E-state index in [2.05, 4.69) is 60.8 Å². The van der Waals surface area contributed by atoms with Gasteiger partial charge in [0.05, 0.1) is 64.7 Å². The fourth-order valence-electron chi connectivity index (χ4n) is 9.67. The highest BCUT2D eigenvalue weighted by atomic mass is 35.5. The summed E-state index contributed by atoms with van der Waals surface area (Å²) in [6, 6.07) is 21.2. The lowest BCUT2D eigenvalue weighted by Crippen LogP contribution is -2.56. The second-order valence-corrected chi connectivity index (χ2v) is 20.8. The van der Waals surface area contributed by atoms with Gasteiger partial charge in [0.1, 0.15) is 16.9 Å². The summed E-state index contributed by atoms with van der Waals surface area (Å²) >= 11 is 6.26. The zero-order chi connectivity index (χ0) is 46.5. The van der Waals surface area contributed by atoms with Gasteiger partial charge in [-0.05, 0) is 90.4 Å². The fraction of sp³-hybridized carbons (Fsp3) is 0.396. The van der Waals surface area contributed by atoms with Crippen LogP contribution in [-0.4, -0.2) is 133 Å². The van der Waals surface area contributed by atoms with Crippen molar-refractivity contribution < 1.29 is 27.6 Å². The van der Waals surface area contributed by atoms with E-state index in [-0.39, 0.29) is 29.3 Å². The van der Waals surface area contributed by atoms with Gasteiger partial charge in [-0.1, -0.05) is 43.2 Å². The highest BCUT2D eigenvalue weighted by molar-refractivity contribution is 7.90. The van der Waals surface area contributed by atoms with Crippen LogP contribution in [0.25, 0.3) is 33.3 Å². The summed E-state index contributed by atoms with van der Waals surface area (Å²) < 4.78 is 42.9. The molecule has 1 aliphatic carbocycles. The number of piperazine rings is 1. The molecule has 3 aliphatic heterocycles. The summed E-state index contributed by atoms with van der Waals surface area (Å²) in [5.41, 5.74) is 7.12. The van der Waals surface area contributed by atoms with Crippen molar-refractivity contribution in [3.8, 4) is 5.69 Å². The molecule has 3 aromatic heterocycles. The van der Waals surface area contributed by atoms with Gasteiger partial charge >= 0.3 is 0 Å². The molecule has 19 heteroatoms. The average Bonchev–Trinajstić information content (AvgIpc) is 3.94. The smallest absolute Gasteiger partial charge is 0.293 e. The molecule has 3 aromatic carbocycles. The molecule has 0 spiro atoms. The van der Waals surface area contributed by atoms with Crippen LogP contribution in [0.1, 0.15) is 49.0 Å². The molecule has 67 heavy (non-hydrogen) atoms. The number of hydrogen-bond donors (Lipinski definition) is 3. The third kappa shape index (κ3) is 9.51. The van der Waals surface area contributed by atoms with Gasteiger partial charge in [-0.2, -0.15) is 5.10 Å². The Labute approximate surface area is 393 Å². The van der Waals surface area contributed by atoms with Crippen LogP contribution in [0.2, 0.25) is 5.02 Å². The van der Waals surface area contributed by atoms with Crippen LogP contribution in [-0.2, 0) is 19.5 Å². The van der Waals surface area contributed by atoms with Gasteiger partial charge in [-0.15, -0.1) is 0 Å². The number of aromatic nitrogens is 4. The Morgan fingerprint density at radius 2 is 1.82 bits per heavy atom. The van der Waals surface area contributed by atoms with E-state index in [1.807, 2.05) is 36.4 Å². The normalized spacial score (nSPS) is 19.7. The summed E-state index contributed by atoms with van der Waals surface area (Å²) in [7, 11) is -4.60. The predicted molar refractivity (Wildman–Crippen MR) is 258 cm³/mol. The first-order valence-electron chi connectivity index (χ1n) is 22.7. The van der Waals surface area contributed by atoms with E-state index in [1.54, 1.807) is 23.1 Å². The topological polar surface area (TPSA) is 193 Å². The largest absolute Gasteiger partial charge is 0.378 e. The number of aromatic amines is 1. The van der Waals surface area contributed by atoms with Crippen molar-refractivity contribution in [3.63, 3.8) is 0 Å². The molecule has 1 amide bonds. The van der Waals surface area contributed by atoms with E-state index in [0.29, 0.717) is 54.8 Å². The number of hydrogen-bond acceptors (Lipinski definition) is 13. The molecule has 3 saturated heterocycles. The molecule has 0 radical (unpaired) electrons. The number of rotatable bonds is 13. The molecule has 1 atom stereocenters. The molecule has 0 unspecified atom stereocenters. The third-order valence-corrected chi connectivity index (χ3v) is 15.2. The van der Waals surface area contributed by atoms with Crippen LogP contribution < -0.4 is 14.9 Å². The Morgan fingerprint density at radius 1 is 1.01 bits per heavy atom. The third-order valence-electron chi connectivity index (χ3n) is 13.6. The van der Waals surface area contributed by atoms with E-state index >= 15 is 0 Å². The van der Waals surface area contributed by atoms with Crippen LogP contribution in [0, 0.1) is 15.5 Å². The second-order valence-electron chi connectivity index (χ2n) is 18.7. The minimum atomic E-state index is -4.60. The maximum Gasteiger partial charge on any atom is 0.293 e. The van der Waals surface area contributed by atoms with Gasteiger partial charge in [0.25, 0.3) is 21.6 Å². The van der Waals surface area contributed by atoms with Crippen molar-refractivity contribution in [1.82, 2.24) is 34.3 Å². The predicted octanol–water partition coefficient (Wildman–Crippen LogP) is 6.88. The molecule has 4 aliphatic rings. The van der Waals surface area contributed by atoms with Gasteiger partial charge in [0.15, 0.2) is 0 Å². The molecule has 0 bridgehead atoms. The fourth-order valence-corrected chi connectivity index (χ4v) is 10.8. The number of nitrogens with zero attached hydrogens (tertiary/aromatic N) is 7. The van der Waals surface area contributed by atoms with Crippen molar-refractivity contribution in [2.75, 3.05) is 82.4 Å². The number of anilines is 2. The van der Waals surface area contributed by atoms with E-state index in [0.717, 1.165) is 80.7 Å². The Kier molecular flexibility index (Phi) is 12.3. The zero-order valence-electron chi connectivity index (χ0n) is 37.4. The Hall–Kier alpha value is -5.89. The first-order valence-corrected chi connectivity index (χ1v) is 24.6. The number of H-pyrrole nitrogens is 1. The number of ether oxygens (including phenoxy) is 2. The van der Waals surface area contributed by atoms with Crippen LogP contribution in [0.5, 0.6) is 0 Å². The Balaban J connectivity index is 0.889. The van der Waals surface area contributed by atoms with Crippen LogP contribution in [0.3, 0.4) is 0 Å². The van der Waals surface area contributed by atoms with Gasteiger partial charge in [0, 0.05) is 80.7 Å². The van der Waals surface area contributed by atoms with E-state index < -0.39 is 31.4 Å². The number of nitrogens with one attached hydrogen (secondary N) is 3. The number of carbonyl (C=O) groups excluding carboxylic acids is 1. The van der Waals surface area contributed by atoms with E-state index in [9.17, 15) is 23.3 Å². The first kappa shape index (κ1) is 44.9. The summed E-state index contributed by atoms with van der Waals surface area (Å²) in [6.45, 7) is 12.2. The van der Waals surface area contributed by atoms with Gasteiger partial charge in [-0.3, -0.25) is 24.7 Å². The van der Waals surface area contributed by atoms with Crippen LogP contribution >= 0.6 is 11.6 Å². The van der Waals surface area contributed by atoms with Crippen molar-refractivity contribution >= 4 is 72.2 Å². The molecule has 6 heterocycles. The Bertz CT molecular complexity index is 3000. The number of sulfonamides is 1. The monoisotopic (exact) mass is 948 g/mol. The molecular formula is C48H53ClN10O7S. The zero-order valence-corrected chi connectivity index (χ0v) is 39.0. The number of halogens is 1. The highest BCUT2D eigenvalue weighted by Gasteiger charge is 2.33. The molecule has 6 aromatic rings. The van der Waals surface area contributed by atoms with Gasteiger partial charge < -0.3 is 24.7 Å². The lowest BCUT2D eigenvalue weighted by atomic mass is 9.72. The number of nitro groups is 1. The summed E-state index contributed by atoms with van der Waals surface area (Å²) in [6.07, 6.45) is 6.35. The lowest BCUT2D eigenvalue weighted by Gasteiger charge is -2.42. The molecule has 350 valence electrons. The number of carbonyl (C=O) groups is 1. The SMILES string of the molecule is CC1(C)CCC(CN2CCN(c3ccc(C(=O)NS(=O)(=O)c4ccc(NC[C@@H]5CN(C6COC6)CCO5)c([N+](=O)[O-])c4)c(-n4ncc5nc6[nH]ccc6cc54)c3)CC2)=C(c2ccc(Cl)cc2)C1. The quantitative estimate of drug-likeness (QED) is 0.0803. The van der Waals surface area contributed by atoms with Crippen LogP contribution in [0.4, 0.5) is 17.1 Å². The van der Waals surface area contributed by atoms with Crippen molar-refractivity contribution in [2.45, 2.75) is 50.2 Å². The number of morpholine rings is 1. The Morgan fingerprint density at radius 3 is 2.58 bits per heavy atom. The second kappa shape index (κ2) is 18.3. The molecular weight excluding hydrogens is 896 g/mol. The van der Waals surface area contributed by atoms with E-state index in [4.69, 9.17) is 26.1 Å². The molecule has 17 nitrogen and oxygen atoms in total. The first-order chi connectivity index (χ1) is 32.3. The van der Waals surface area contributed by atoms with Gasteiger partial charge in [-0.25, -0.2) is 22.8 Å². The summed E-state index contributed by atoms with van der Waals surface area (Å²) in [5, 5.41) is 21.6. The molecule has 0 saturated carbocycles. The minimum absolute atomic E-state index is 0.0368. The molecule has 3 N–H and O–H groups in total. The number of nitro benzene ring substituents is 1. The lowest BCUT2D eigenvalue weighted by molar-refractivity contribution is -0.384. The van der Waals surface area contributed by atoms with Gasteiger partial charge in [0.2, 0.25) is 0 Å². The number of fused-ring (bicyclic) bond motifs is 2. The standard InChI is InChI=1S/C48H53ClN10O7S/c1-48(2)13-11-33(40(24-48)31-3-5-34(49)6-4-31)27-55-15-17-56(18-16-55)35-7-9-39(43(22-35)58-44-21-32-12-14-50-46(32)53-42(44)26-52-58)47(60)54-67(63,64)38-8-10-41(45(23-38)59(61)62)51-25-37-28-57(19-20-66-37)36-29-65-30-36/h3-10,12,14,21-23,26,36-37,51H,11,13,15-20,24-25,27-30H2,1-2H3,(H,50,53)(H,54,60)/t37-/m1/s1. The molecule has 10 rings (SSSR count). The summed E-state index contributed by atoms with van der Waals surface area (Å²) in [4.78, 5) is 40.4. The molecule has 3 fully saturated rings. The average molecular weight is 950 g/mol. The van der Waals surface area contributed by atoms with Crippen molar-refractivity contribution in [1.29, 1.82) is 0 Å². The van der Waals surface area contributed by atoms with Crippen LogP contribution in [0.15, 0.2) is 95.7 Å². The maximum absolute atomic E-state index is 14.3. The van der Waals surface area contributed by atoms with E-state index in [1.165, 1.54) is 28.8 Å². The highest BCUT2D eigenvalue weighted by Crippen LogP contribution is 2.43.